The highest BCUT2D eigenvalue weighted by Crippen LogP contribution is 2.28. The summed E-state index contributed by atoms with van der Waals surface area (Å²) < 4.78 is 1.94. The Morgan fingerprint density at radius 2 is 1.50 bits per heavy atom. The predicted octanol–water partition coefficient (Wildman–Crippen LogP) is 5.63. The summed E-state index contributed by atoms with van der Waals surface area (Å²) in [6, 6.07) is 26.3. The molecule has 0 unspecified atom stereocenters. The number of amides is 1. The zero-order chi connectivity index (χ0) is 26.5. The largest absolute Gasteiger partial charge is 0.478 e. The van der Waals surface area contributed by atoms with Crippen LogP contribution in [0.1, 0.15) is 28.8 Å². The molecule has 0 spiro atoms. The minimum atomic E-state index is -1.03. The van der Waals surface area contributed by atoms with Crippen LogP contribution in [0.4, 0.5) is 10.5 Å². The Balaban J connectivity index is 1.26. The number of benzene rings is 3. The summed E-state index contributed by atoms with van der Waals surface area (Å²) in [5.74, 6) is -0.808. The first-order valence-corrected chi connectivity index (χ1v) is 12.7. The summed E-state index contributed by atoms with van der Waals surface area (Å²) in [6.07, 6.45) is 2.84. The van der Waals surface area contributed by atoms with Crippen LogP contribution < -0.4 is 4.90 Å². The molecule has 0 atom stereocenters. The number of piperidine rings is 1. The Morgan fingerprint density at radius 1 is 0.868 bits per heavy atom. The summed E-state index contributed by atoms with van der Waals surface area (Å²) in [4.78, 5) is 26.8. The molecule has 8 nitrogen and oxygen atoms in total. The van der Waals surface area contributed by atoms with Crippen molar-refractivity contribution in [2.24, 2.45) is 5.92 Å². The molecule has 0 aliphatic carbocycles. The molecule has 2 N–H and O–H groups in total. The van der Waals surface area contributed by atoms with E-state index in [-0.39, 0.29) is 11.5 Å². The third-order valence-electron chi connectivity index (χ3n) is 7.06. The van der Waals surface area contributed by atoms with Crippen molar-refractivity contribution in [2.75, 3.05) is 24.5 Å². The van der Waals surface area contributed by atoms with Gasteiger partial charge in [0.05, 0.1) is 16.9 Å². The van der Waals surface area contributed by atoms with Gasteiger partial charge in [0.1, 0.15) is 0 Å². The van der Waals surface area contributed by atoms with E-state index >= 15 is 0 Å². The van der Waals surface area contributed by atoms with Crippen LogP contribution in [0.15, 0.2) is 91.1 Å². The van der Waals surface area contributed by atoms with Crippen LogP contribution >= 0.6 is 0 Å². The molecule has 194 valence electrons. The quantitative estimate of drug-likeness (QED) is 0.319. The van der Waals surface area contributed by atoms with Crippen molar-refractivity contribution in [1.82, 2.24) is 14.7 Å². The van der Waals surface area contributed by atoms with E-state index in [4.69, 9.17) is 10.2 Å². The SMILES string of the molecule is O=C(O)c1ccc(N(CC2CCN(Cc3cn(-c4ccccc4)nc3-c3ccccc3)CC2)C(=O)O)cc1. The number of nitrogens with zero attached hydrogens (tertiary/aromatic N) is 4. The average Bonchev–Trinajstić information content (AvgIpc) is 3.37. The second kappa shape index (κ2) is 11.3. The molecule has 38 heavy (non-hydrogen) atoms. The van der Waals surface area contributed by atoms with Crippen LogP contribution in [-0.2, 0) is 6.54 Å². The van der Waals surface area contributed by atoms with Crippen molar-refractivity contribution in [1.29, 1.82) is 0 Å². The van der Waals surface area contributed by atoms with Crippen molar-refractivity contribution >= 4 is 17.7 Å². The maximum Gasteiger partial charge on any atom is 0.411 e. The van der Waals surface area contributed by atoms with Crippen molar-refractivity contribution in [3.05, 3.63) is 102 Å². The Labute approximate surface area is 221 Å². The molecule has 1 fully saturated rings. The molecule has 4 aromatic rings. The first-order chi connectivity index (χ1) is 18.5. The van der Waals surface area contributed by atoms with Gasteiger partial charge in [0.25, 0.3) is 0 Å². The zero-order valence-corrected chi connectivity index (χ0v) is 21.0. The molecular weight excluding hydrogens is 480 g/mol. The molecule has 1 amide bonds. The highest BCUT2D eigenvalue weighted by molar-refractivity contribution is 5.90. The van der Waals surface area contributed by atoms with Gasteiger partial charge < -0.3 is 10.2 Å². The average molecular weight is 511 g/mol. The van der Waals surface area contributed by atoms with Crippen LogP contribution in [-0.4, -0.2) is 56.6 Å². The van der Waals surface area contributed by atoms with Gasteiger partial charge in [-0.1, -0.05) is 48.5 Å². The molecule has 3 aromatic carbocycles. The summed E-state index contributed by atoms with van der Waals surface area (Å²) in [5, 5.41) is 23.8. The lowest BCUT2D eigenvalue weighted by atomic mass is 9.95. The van der Waals surface area contributed by atoms with E-state index in [0.717, 1.165) is 55.0 Å². The zero-order valence-electron chi connectivity index (χ0n) is 21.0. The molecule has 1 aliphatic rings. The molecule has 1 aromatic heterocycles. The molecule has 1 aliphatic heterocycles. The van der Waals surface area contributed by atoms with E-state index in [1.807, 2.05) is 53.2 Å². The van der Waals surface area contributed by atoms with Crippen molar-refractivity contribution < 1.29 is 19.8 Å². The van der Waals surface area contributed by atoms with Crippen LogP contribution in [0.2, 0.25) is 0 Å². The lowest BCUT2D eigenvalue weighted by Crippen LogP contribution is -2.40. The minimum Gasteiger partial charge on any atom is -0.478 e. The number of para-hydroxylation sites is 1. The van der Waals surface area contributed by atoms with Gasteiger partial charge in [-0.15, -0.1) is 0 Å². The maximum absolute atomic E-state index is 12.0. The van der Waals surface area contributed by atoms with E-state index < -0.39 is 12.1 Å². The number of rotatable bonds is 8. The number of anilines is 1. The highest BCUT2D eigenvalue weighted by atomic mass is 16.4. The number of carbonyl (C=O) groups is 2. The van der Waals surface area contributed by atoms with Gasteiger partial charge in [0.2, 0.25) is 0 Å². The number of carboxylic acids is 1. The monoisotopic (exact) mass is 510 g/mol. The normalized spacial score (nSPS) is 14.3. The van der Waals surface area contributed by atoms with E-state index in [1.165, 1.54) is 17.0 Å². The maximum atomic E-state index is 12.0. The molecule has 0 bridgehead atoms. The molecule has 0 saturated carbocycles. The fraction of sp³-hybridized carbons (Fsp3) is 0.233. The van der Waals surface area contributed by atoms with Crippen LogP contribution in [0, 0.1) is 5.92 Å². The Kier molecular flexibility index (Phi) is 7.51. The first kappa shape index (κ1) is 25.2. The fourth-order valence-corrected chi connectivity index (χ4v) is 4.98. The second-order valence-electron chi connectivity index (χ2n) is 9.61. The lowest BCUT2D eigenvalue weighted by Gasteiger charge is -2.34. The third kappa shape index (κ3) is 5.76. The summed E-state index contributed by atoms with van der Waals surface area (Å²) in [7, 11) is 0. The van der Waals surface area contributed by atoms with Gasteiger partial charge in [-0.2, -0.15) is 5.10 Å². The number of hydrogen-bond donors (Lipinski definition) is 2. The number of carboxylic acid groups (broad SMARTS) is 2. The Morgan fingerprint density at radius 3 is 2.11 bits per heavy atom. The number of aromatic carboxylic acids is 1. The molecular formula is C30H30N4O4. The molecule has 5 rings (SSSR count). The minimum absolute atomic E-state index is 0.137. The summed E-state index contributed by atoms with van der Waals surface area (Å²) in [5.41, 5.74) is 4.85. The smallest absolute Gasteiger partial charge is 0.411 e. The van der Waals surface area contributed by atoms with Gasteiger partial charge >= 0.3 is 12.1 Å². The topological polar surface area (TPSA) is 98.9 Å². The van der Waals surface area contributed by atoms with Gasteiger partial charge in [-0.25, -0.2) is 14.3 Å². The first-order valence-electron chi connectivity index (χ1n) is 12.7. The lowest BCUT2D eigenvalue weighted by molar-refractivity contribution is 0.0697. The van der Waals surface area contributed by atoms with Crippen molar-refractivity contribution in [2.45, 2.75) is 19.4 Å². The second-order valence-corrected chi connectivity index (χ2v) is 9.61. The number of aromatic nitrogens is 2. The van der Waals surface area contributed by atoms with E-state index in [9.17, 15) is 14.7 Å². The van der Waals surface area contributed by atoms with Crippen molar-refractivity contribution in [3.8, 4) is 16.9 Å². The Bertz CT molecular complexity index is 1380. The summed E-state index contributed by atoms with van der Waals surface area (Å²) >= 11 is 0. The van der Waals surface area contributed by atoms with Gasteiger partial charge in [-0.3, -0.25) is 9.80 Å². The molecule has 8 heteroatoms. The summed E-state index contributed by atoms with van der Waals surface area (Å²) in [6.45, 7) is 2.88. The van der Waals surface area contributed by atoms with Crippen LogP contribution in [0.25, 0.3) is 16.9 Å². The van der Waals surface area contributed by atoms with Gasteiger partial charge in [-0.05, 0) is 68.2 Å². The van der Waals surface area contributed by atoms with Crippen LogP contribution in [0.3, 0.4) is 0 Å². The van der Waals surface area contributed by atoms with E-state index in [0.29, 0.717) is 12.2 Å². The number of hydrogen-bond acceptors (Lipinski definition) is 4. The molecule has 2 heterocycles. The Hall–Kier alpha value is -4.43. The third-order valence-corrected chi connectivity index (χ3v) is 7.06. The fourth-order valence-electron chi connectivity index (χ4n) is 4.98. The van der Waals surface area contributed by atoms with Crippen molar-refractivity contribution in [3.63, 3.8) is 0 Å². The number of likely N-dealkylation sites (tertiary alicyclic amines) is 1. The van der Waals surface area contributed by atoms with E-state index in [1.54, 1.807) is 12.1 Å². The van der Waals surface area contributed by atoms with Crippen LogP contribution in [0.5, 0.6) is 0 Å². The molecule has 1 saturated heterocycles. The van der Waals surface area contributed by atoms with Gasteiger partial charge in [0, 0.05) is 36.1 Å². The predicted molar refractivity (Wildman–Crippen MR) is 146 cm³/mol. The molecule has 0 radical (unpaired) electrons. The highest BCUT2D eigenvalue weighted by Gasteiger charge is 2.26. The standard InChI is InChI=1S/C30H30N4O4/c35-29(36)24-11-13-26(14-12-24)33(30(37)38)19-22-15-17-32(18-16-22)20-25-21-34(27-9-5-2-6-10-27)31-28(25)23-7-3-1-4-8-23/h1-14,21-22H,15-20H2,(H,35,36)(H,37,38). The van der Waals surface area contributed by atoms with E-state index in [2.05, 4.69) is 23.2 Å². The van der Waals surface area contributed by atoms with Gasteiger partial charge in [0.15, 0.2) is 0 Å².